The third kappa shape index (κ3) is 4.21. The Bertz CT molecular complexity index is 596. The van der Waals surface area contributed by atoms with E-state index in [2.05, 4.69) is 35.2 Å². The number of amides is 2. The SMILES string of the molecule is C[C@@H](C(=O)N1CCC[C@@H](C(N)=O)C1)N1CCC(c2ccccc2)CC1. The summed E-state index contributed by atoms with van der Waals surface area (Å²) in [7, 11) is 0. The molecular formula is C20H29N3O2. The van der Waals surface area contributed by atoms with Gasteiger partial charge in [-0.1, -0.05) is 30.3 Å². The standard InChI is InChI=1S/C20H29N3O2/c1-15(20(25)23-11-5-8-18(14-23)19(21)24)22-12-9-17(10-13-22)16-6-3-2-4-7-16/h2-4,6-7,15,17-18H,5,8-14H2,1H3,(H2,21,24)/t15-,18+/m0/s1. The molecule has 0 radical (unpaired) electrons. The third-order valence-corrected chi connectivity index (χ3v) is 5.84. The predicted octanol–water partition coefficient (Wildman–Crippen LogP) is 1.98. The molecule has 25 heavy (non-hydrogen) atoms. The second kappa shape index (κ2) is 8.00. The minimum atomic E-state index is -0.283. The fourth-order valence-corrected chi connectivity index (χ4v) is 4.18. The van der Waals surface area contributed by atoms with Crippen LogP contribution in [0, 0.1) is 5.92 Å². The lowest BCUT2D eigenvalue weighted by molar-refractivity contribution is -0.140. The largest absolute Gasteiger partial charge is 0.369 e. The smallest absolute Gasteiger partial charge is 0.239 e. The maximum absolute atomic E-state index is 12.8. The van der Waals surface area contributed by atoms with E-state index >= 15 is 0 Å². The first-order valence-electron chi connectivity index (χ1n) is 9.43. The van der Waals surface area contributed by atoms with Crippen molar-refractivity contribution in [3.63, 3.8) is 0 Å². The predicted molar refractivity (Wildman–Crippen MR) is 98.0 cm³/mol. The van der Waals surface area contributed by atoms with Crippen LogP contribution in [0.5, 0.6) is 0 Å². The molecule has 5 nitrogen and oxygen atoms in total. The number of hydrogen-bond acceptors (Lipinski definition) is 3. The van der Waals surface area contributed by atoms with Gasteiger partial charge in [0, 0.05) is 13.1 Å². The Balaban J connectivity index is 1.54. The summed E-state index contributed by atoms with van der Waals surface area (Å²) in [5, 5.41) is 0. The number of hydrogen-bond donors (Lipinski definition) is 1. The van der Waals surface area contributed by atoms with Crippen molar-refractivity contribution < 1.29 is 9.59 Å². The minimum absolute atomic E-state index is 0.122. The Hall–Kier alpha value is -1.88. The van der Waals surface area contributed by atoms with Crippen LogP contribution in [0.1, 0.15) is 44.1 Å². The van der Waals surface area contributed by atoms with E-state index in [-0.39, 0.29) is 23.8 Å². The zero-order valence-electron chi connectivity index (χ0n) is 15.1. The van der Waals surface area contributed by atoms with Crippen LogP contribution in [0.3, 0.4) is 0 Å². The number of carbonyl (C=O) groups is 2. The highest BCUT2D eigenvalue weighted by Crippen LogP contribution is 2.29. The minimum Gasteiger partial charge on any atom is -0.369 e. The highest BCUT2D eigenvalue weighted by molar-refractivity contribution is 5.83. The van der Waals surface area contributed by atoms with Gasteiger partial charge in [-0.25, -0.2) is 0 Å². The first kappa shape index (κ1) is 17.9. The molecule has 0 aromatic heterocycles. The lowest BCUT2D eigenvalue weighted by atomic mass is 9.89. The van der Waals surface area contributed by atoms with E-state index in [1.165, 1.54) is 5.56 Å². The molecule has 0 unspecified atom stereocenters. The molecule has 2 aliphatic heterocycles. The summed E-state index contributed by atoms with van der Waals surface area (Å²) in [5.74, 6) is 0.264. The van der Waals surface area contributed by atoms with Gasteiger partial charge in [0.15, 0.2) is 0 Å². The Morgan fingerprint density at radius 2 is 1.76 bits per heavy atom. The maximum Gasteiger partial charge on any atom is 0.239 e. The molecule has 2 atom stereocenters. The summed E-state index contributed by atoms with van der Waals surface area (Å²) in [6.45, 7) is 5.12. The van der Waals surface area contributed by atoms with Gasteiger partial charge in [0.1, 0.15) is 0 Å². The Morgan fingerprint density at radius 3 is 2.40 bits per heavy atom. The van der Waals surface area contributed by atoms with Gasteiger partial charge in [-0.2, -0.15) is 0 Å². The van der Waals surface area contributed by atoms with E-state index in [0.717, 1.165) is 45.3 Å². The number of nitrogens with two attached hydrogens (primary N) is 1. The van der Waals surface area contributed by atoms with Gasteiger partial charge in [0.2, 0.25) is 11.8 Å². The molecule has 3 rings (SSSR count). The highest BCUT2D eigenvalue weighted by Gasteiger charge is 2.33. The van der Waals surface area contributed by atoms with E-state index in [0.29, 0.717) is 12.5 Å². The molecule has 0 spiro atoms. The number of piperidine rings is 2. The topological polar surface area (TPSA) is 66.6 Å². The molecule has 2 aliphatic rings. The summed E-state index contributed by atoms with van der Waals surface area (Å²) in [6, 6.07) is 10.5. The summed E-state index contributed by atoms with van der Waals surface area (Å²) in [5.41, 5.74) is 6.84. The van der Waals surface area contributed by atoms with E-state index < -0.39 is 0 Å². The number of primary amides is 1. The Labute approximate surface area is 150 Å². The summed E-state index contributed by atoms with van der Waals surface area (Å²) in [4.78, 5) is 28.4. The van der Waals surface area contributed by atoms with E-state index in [9.17, 15) is 9.59 Å². The van der Waals surface area contributed by atoms with Crippen LogP contribution in [0.25, 0.3) is 0 Å². The zero-order chi connectivity index (χ0) is 17.8. The lowest BCUT2D eigenvalue weighted by Crippen LogP contribution is -2.53. The van der Waals surface area contributed by atoms with E-state index in [1.807, 2.05) is 11.8 Å². The molecule has 1 aromatic carbocycles. The summed E-state index contributed by atoms with van der Waals surface area (Å²) in [6.07, 6.45) is 3.84. The normalized spacial score (nSPS) is 24.0. The van der Waals surface area contributed by atoms with Crippen LogP contribution < -0.4 is 5.73 Å². The van der Waals surface area contributed by atoms with Gasteiger partial charge in [-0.05, 0) is 57.2 Å². The monoisotopic (exact) mass is 343 g/mol. The van der Waals surface area contributed by atoms with Crippen LogP contribution in [0.2, 0.25) is 0 Å². The molecule has 1 aromatic rings. The van der Waals surface area contributed by atoms with Crippen molar-refractivity contribution >= 4 is 11.8 Å². The van der Waals surface area contributed by atoms with Crippen LogP contribution in [0.4, 0.5) is 0 Å². The number of likely N-dealkylation sites (tertiary alicyclic amines) is 2. The highest BCUT2D eigenvalue weighted by atomic mass is 16.2. The van der Waals surface area contributed by atoms with Crippen molar-refractivity contribution in [1.82, 2.24) is 9.80 Å². The Kier molecular flexibility index (Phi) is 5.74. The van der Waals surface area contributed by atoms with Crippen molar-refractivity contribution in [2.75, 3.05) is 26.2 Å². The second-order valence-electron chi connectivity index (χ2n) is 7.42. The lowest BCUT2D eigenvalue weighted by Gasteiger charge is -2.39. The quantitative estimate of drug-likeness (QED) is 0.909. The molecule has 5 heteroatoms. The maximum atomic E-state index is 12.8. The zero-order valence-corrected chi connectivity index (χ0v) is 15.1. The van der Waals surface area contributed by atoms with E-state index in [1.54, 1.807) is 0 Å². The number of rotatable bonds is 4. The molecule has 0 bridgehead atoms. The van der Waals surface area contributed by atoms with Gasteiger partial charge in [0.25, 0.3) is 0 Å². The van der Waals surface area contributed by atoms with Gasteiger partial charge in [0.05, 0.1) is 12.0 Å². The Morgan fingerprint density at radius 1 is 1.08 bits per heavy atom. The fraction of sp³-hybridized carbons (Fsp3) is 0.600. The average Bonchev–Trinajstić information content (AvgIpc) is 2.67. The van der Waals surface area contributed by atoms with Crippen LogP contribution in [-0.4, -0.2) is 53.8 Å². The van der Waals surface area contributed by atoms with Crippen LogP contribution >= 0.6 is 0 Å². The van der Waals surface area contributed by atoms with Gasteiger partial charge in [-0.15, -0.1) is 0 Å². The van der Waals surface area contributed by atoms with Crippen molar-refractivity contribution in [3.8, 4) is 0 Å². The molecule has 0 aliphatic carbocycles. The van der Waals surface area contributed by atoms with Crippen molar-refractivity contribution in [1.29, 1.82) is 0 Å². The van der Waals surface area contributed by atoms with Gasteiger partial charge >= 0.3 is 0 Å². The van der Waals surface area contributed by atoms with Crippen molar-refractivity contribution in [3.05, 3.63) is 35.9 Å². The molecular weight excluding hydrogens is 314 g/mol. The number of benzene rings is 1. The first-order chi connectivity index (χ1) is 12.1. The fourth-order valence-electron chi connectivity index (χ4n) is 4.18. The first-order valence-corrected chi connectivity index (χ1v) is 9.43. The molecule has 0 saturated carbocycles. The molecule has 2 fully saturated rings. The number of carbonyl (C=O) groups excluding carboxylic acids is 2. The molecule has 136 valence electrons. The van der Waals surface area contributed by atoms with E-state index in [4.69, 9.17) is 5.73 Å². The summed E-state index contributed by atoms with van der Waals surface area (Å²) < 4.78 is 0. The number of nitrogens with zero attached hydrogens (tertiary/aromatic N) is 2. The van der Waals surface area contributed by atoms with Crippen molar-refractivity contribution in [2.24, 2.45) is 11.7 Å². The second-order valence-corrected chi connectivity index (χ2v) is 7.42. The van der Waals surface area contributed by atoms with Gasteiger partial charge < -0.3 is 10.6 Å². The summed E-state index contributed by atoms with van der Waals surface area (Å²) >= 11 is 0. The van der Waals surface area contributed by atoms with Crippen LogP contribution in [0.15, 0.2) is 30.3 Å². The third-order valence-electron chi connectivity index (χ3n) is 5.84. The molecule has 2 amide bonds. The molecule has 2 heterocycles. The van der Waals surface area contributed by atoms with Crippen LogP contribution in [-0.2, 0) is 9.59 Å². The molecule has 2 N–H and O–H groups in total. The van der Waals surface area contributed by atoms with Gasteiger partial charge in [-0.3, -0.25) is 14.5 Å². The molecule has 2 saturated heterocycles. The average molecular weight is 343 g/mol. The van der Waals surface area contributed by atoms with Crippen molar-refractivity contribution in [2.45, 2.75) is 44.6 Å².